The molecule has 0 atom stereocenters. The predicted octanol–water partition coefficient (Wildman–Crippen LogP) is 6.22. The zero-order valence-corrected chi connectivity index (χ0v) is 16.6. The van der Waals surface area contributed by atoms with Gasteiger partial charge in [0.25, 0.3) is 0 Å². The van der Waals surface area contributed by atoms with Crippen LogP contribution in [0.1, 0.15) is 38.7 Å². The zero-order chi connectivity index (χ0) is 18.9. The molecule has 5 heteroatoms. The molecule has 0 spiro atoms. The third-order valence-corrected chi connectivity index (χ3v) is 4.93. The van der Waals surface area contributed by atoms with Crippen LogP contribution in [0.15, 0.2) is 65.1 Å². The minimum atomic E-state index is 0.773. The average Bonchev–Trinajstić information content (AvgIpc) is 3.20. The normalized spacial score (nSPS) is 11.4. The molecule has 0 saturated heterocycles. The molecule has 0 unspecified atom stereocenters. The maximum absolute atomic E-state index is 5.75. The molecule has 0 bridgehead atoms. The number of nitrogens with one attached hydrogen (secondary N) is 1. The second-order valence-electron chi connectivity index (χ2n) is 6.29. The Kier molecular flexibility index (Phi) is 6.99. The summed E-state index contributed by atoms with van der Waals surface area (Å²) >= 11 is 1.55. The Morgan fingerprint density at radius 1 is 1.07 bits per heavy atom. The van der Waals surface area contributed by atoms with Gasteiger partial charge in [-0.05, 0) is 43.2 Å². The number of nitrogens with zero attached hydrogens (tertiary/aromatic N) is 2. The molecule has 0 radical (unpaired) electrons. The fourth-order valence-electron chi connectivity index (χ4n) is 2.60. The summed E-state index contributed by atoms with van der Waals surface area (Å²) in [5.41, 5.74) is 7.09. The van der Waals surface area contributed by atoms with Crippen molar-refractivity contribution in [1.29, 1.82) is 0 Å². The predicted molar refractivity (Wildman–Crippen MR) is 115 cm³/mol. The summed E-state index contributed by atoms with van der Waals surface area (Å²) in [7, 11) is 0. The van der Waals surface area contributed by atoms with Gasteiger partial charge in [-0.3, -0.25) is 5.43 Å². The van der Waals surface area contributed by atoms with Crippen molar-refractivity contribution in [3.8, 4) is 17.0 Å². The number of ether oxygens (including phenoxy) is 1. The van der Waals surface area contributed by atoms with E-state index in [2.05, 4.69) is 34.6 Å². The fraction of sp³-hybridized carbons (Fsp3) is 0.273. The van der Waals surface area contributed by atoms with Crippen molar-refractivity contribution in [2.24, 2.45) is 5.10 Å². The number of rotatable bonds is 9. The Balaban J connectivity index is 1.57. The summed E-state index contributed by atoms with van der Waals surface area (Å²) in [5, 5.41) is 7.28. The van der Waals surface area contributed by atoms with Crippen LogP contribution in [-0.2, 0) is 0 Å². The molecule has 0 saturated carbocycles. The minimum absolute atomic E-state index is 0.773. The number of thiazole rings is 1. The molecular weight excluding hydrogens is 354 g/mol. The topological polar surface area (TPSA) is 46.5 Å². The van der Waals surface area contributed by atoms with E-state index in [4.69, 9.17) is 4.74 Å². The fourth-order valence-corrected chi connectivity index (χ4v) is 3.26. The van der Waals surface area contributed by atoms with E-state index in [1.807, 2.05) is 54.8 Å². The van der Waals surface area contributed by atoms with E-state index < -0.39 is 0 Å². The second-order valence-corrected chi connectivity index (χ2v) is 7.15. The van der Waals surface area contributed by atoms with Gasteiger partial charge in [-0.2, -0.15) is 5.10 Å². The van der Waals surface area contributed by atoms with Crippen molar-refractivity contribution in [2.45, 2.75) is 33.1 Å². The minimum Gasteiger partial charge on any atom is -0.494 e. The number of benzene rings is 2. The molecule has 0 fully saturated rings. The molecule has 0 aliphatic rings. The van der Waals surface area contributed by atoms with Crippen LogP contribution in [0.5, 0.6) is 5.75 Å². The molecule has 1 heterocycles. The van der Waals surface area contributed by atoms with Gasteiger partial charge in [-0.1, -0.05) is 50.1 Å². The van der Waals surface area contributed by atoms with E-state index in [0.717, 1.165) is 46.4 Å². The standard InChI is InChI=1S/C22H25N3OS/c1-3-4-8-15-26-20-13-11-18(12-14-20)17(2)24-25-22-23-21(16-27-22)19-9-6-5-7-10-19/h5-7,9-14,16H,3-4,8,15H2,1-2H3,(H,23,25). The lowest BCUT2D eigenvalue weighted by atomic mass is 10.1. The summed E-state index contributed by atoms with van der Waals surface area (Å²) in [6, 6.07) is 18.2. The Bertz CT molecular complexity index is 857. The first-order valence-electron chi connectivity index (χ1n) is 9.30. The van der Waals surface area contributed by atoms with Crippen molar-refractivity contribution in [2.75, 3.05) is 12.0 Å². The van der Waals surface area contributed by atoms with Gasteiger partial charge in [0.2, 0.25) is 5.13 Å². The van der Waals surface area contributed by atoms with Crippen LogP contribution in [0.25, 0.3) is 11.3 Å². The molecular formula is C22H25N3OS. The van der Waals surface area contributed by atoms with E-state index >= 15 is 0 Å². The van der Waals surface area contributed by atoms with E-state index in [0.29, 0.717) is 0 Å². The maximum Gasteiger partial charge on any atom is 0.203 e. The molecule has 1 N–H and O–H groups in total. The van der Waals surface area contributed by atoms with Crippen molar-refractivity contribution in [1.82, 2.24) is 4.98 Å². The van der Waals surface area contributed by atoms with Crippen molar-refractivity contribution in [3.05, 3.63) is 65.5 Å². The Hall–Kier alpha value is -2.66. The van der Waals surface area contributed by atoms with Crippen LogP contribution in [-0.4, -0.2) is 17.3 Å². The van der Waals surface area contributed by atoms with E-state index in [9.17, 15) is 0 Å². The van der Waals surface area contributed by atoms with Gasteiger partial charge < -0.3 is 4.74 Å². The Labute approximate surface area is 164 Å². The van der Waals surface area contributed by atoms with E-state index in [1.54, 1.807) is 11.3 Å². The third kappa shape index (κ3) is 5.66. The Morgan fingerprint density at radius 3 is 2.59 bits per heavy atom. The molecule has 0 aliphatic carbocycles. The van der Waals surface area contributed by atoms with Gasteiger partial charge in [0.15, 0.2) is 0 Å². The van der Waals surface area contributed by atoms with E-state index in [-0.39, 0.29) is 0 Å². The summed E-state index contributed by atoms with van der Waals surface area (Å²) in [6.07, 6.45) is 3.51. The highest BCUT2D eigenvalue weighted by Crippen LogP contribution is 2.24. The highest BCUT2D eigenvalue weighted by Gasteiger charge is 2.04. The molecule has 0 amide bonds. The van der Waals surface area contributed by atoms with Gasteiger partial charge in [-0.15, -0.1) is 11.3 Å². The molecule has 3 rings (SSSR count). The largest absolute Gasteiger partial charge is 0.494 e. The second kappa shape index (κ2) is 9.88. The smallest absolute Gasteiger partial charge is 0.203 e. The molecule has 3 aromatic rings. The molecule has 4 nitrogen and oxygen atoms in total. The summed E-state index contributed by atoms with van der Waals surface area (Å²) in [6.45, 7) is 4.95. The van der Waals surface area contributed by atoms with Gasteiger partial charge in [0.1, 0.15) is 5.75 Å². The van der Waals surface area contributed by atoms with Crippen molar-refractivity contribution >= 4 is 22.2 Å². The van der Waals surface area contributed by atoms with Gasteiger partial charge in [0, 0.05) is 10.9 Å². The first-order valence-corrected chi connectivity index (χ1v) is 10.2. The number of hydrogen-bond acceptors (Lipinski definition) is 5. The number of hydrogen-bond donors (Lipinski definition) is 1. The van der Waals surface area contributed by atoms with Gasteiger partial charge >= 0.3 is 0 Å². The molecule has 140 valence electrons. The van der Waals surface area contributed by atoms with E-state index in [1.165, 1.54) is 12.8 Å². The molecule has 0 aliphatic heterocycles. The molecule has 1 aromatic heterocycles. The number of anilines is 1. The quantitative estimate of drug-likeness (QED) is 0.273. The van der Waals surface area contributed by atoms with Crippen LogP contribution in [0, 0.1) is 0 Å². The van der Waals surface area contributed by atoms with Crippen LogP contribution in [0.3, 0.4) is 0 Å². The van der Waals surface area contributed by atoms with Gasteiger partial charge in [0.05, 0.1) is 18.0 Å². The van der Waals surface area contributed by atoms with Gasteiger partial charge in [-0.25, -0.2) is 4.98 Å². The molecule has 2 aromatic carbocycles. The number of hydrazone groups is 1. The lowest BCUT2D eigenvalue weighted by Crippen LogP contribution is -2.01. The van der Waals surface area contributed by atoms with Crippen LogP contribution in [0.2, 0.25) is 0 Å². The average molecular weight is 380 g/mol. The van der Waals surface area contributed by atoms with Crippen molar-refractivity contribution < 1.29 is 4.74 Å². The highest BCUT2D eigenvalue weighted by molar-refractivity contribution is 7.14. The van der Waals surface area contributed by atoms with Crippen LogP contribution < -0.4 is 10.2 Å². The third-order valence-electron chi connectivity index (χ3n) is 4.18. The Morgan fingerprint density at radius 2 is 1.85 bits per heavy atom. The maximum atomic E-state index is 5.75. The summed E-state index contributed by atoms with van der Waals surface area (Å²) in [4.78, 5) is 4.59. The number of aromatic nitrogens is 1. The number of unbranched alkanes of at least 4 members (excludes halogenated alkanes) is 2. The lowest BCUT2D eigenvalue weighted by Gasteiger charge is -2.07. The monoisotopic (exact) mass is 379 g/mol. The molecule has 27 heavy (non-hydrogen) atoms. The zero-order valence-electron chi connectivity index (χ0n) is 15.8. The van der Waals surface area contributed by atoms with Crippen LogP contribution in [0.4, 0.5) is 5.13 Å². The first-order chi connectivity index (χ1) is 13.3. The summed E-state index contributed by atoms with van der Waals surface area (Å²) in [5.74, 6) is 0.906. The van der Waals surface area contributed by atoms with Crippen LogP contribution >= 0.6 is 11.3 Å². The highest BCUT2D eigenvalue weighted by atomic mass is 32.1. The summed E-state index contributed by atoms with van der Waals surface area (Å²) < 4.78 is 5.75. The SMILES string of the molecule is CCCCCOc1ccc(C(C)=NNc2nc(-c3ccccc3)cs2)cc1. The lowest BCUT2D eigenvalue weighted by molar-refractivity contribution is 0.306. The first kappa shape index (κ1) is 19.1. The van der Waals surface area contributed by atoms with Crippen molar-refractivity contribution in [3.63, 3.8) is 0 Å².